The monoisotopic (exact) mass is 252 g/mol. The Labute approximate surface area is 110 Å². The third-order valence-electron chi connectivity index (χ3n) is 3.26. The molecule has 102 valence electrons. The Kier molecular flexibility index (Phi) is 6.58. The molecule has 0 heterocycles. The lowest BCUT2D eigenvalue weighted by Gasteiger charge is -2.13. The second-order valence-electron chi connectivity index (χ2n) is 4.43. The number of hydrogen-bond donors (Lipinski definition) is 1. The van der Waals surface area contributed by atoms with Crippen LogP contribution in [0.4, 0.5) is 0 Å². The minimum atomic E-state index is 0.663. The van der Waals surface area contributed by atoms with Crippen molar-refractivity contribution >= 4 is 0 Å². The van der Waals surface area contributed by atoms with Gasteiger partial charge in [-0.3, -0.25) is 0 Å². The standard InChI is InChI=1S/C15H25NO2/c1-5-13(6-2)16-11-12-8-9-14(17-4)15(10-12)18-7-3/h8-10,13,16H,5-7,11H2,1-4H3/p+1. The van der Waals surface area contributed by atoms with E-state index in [0.29, 0.717) is 12.6 Å². The van der Waals surface area contributed by atoms with Gasteiger partial charge >= 0.3 is 0 Å². The average molecular weight is 252 g/mol. The van der Waals surface area contributed by atoms with Crippen LogP contribution >= 0.6 is 0 Å². The number of quaternary nitrogens is 1. The first-order chi connectivity index (χ1) is 8.74. The van der Waals surface area contributed by atoms with E-state index in [2.05, 4.69) is 31.3 Å². The minimum absolute atomic E-state index is 0.663. The van der Waals surface area contributed by atoms with Crippen LogP contribution in [-0.4, -0.2) is 19.8 Å². The topological polar surface area (TPSA) is 35.1 Å². The molecule has 0 saturated carbocycles. The van der Waals surface area contributed by atoms with Crippen molar-refractivity contribution in [3.05, 3.63) is 23.8 Å². The molecule has 0 aromatic heterocycles. The number of rotatable bonds is 8. The van der Waals surface area contributed by atoms with Crippen LogP contribution in [0.1, 0.15) is 39.2 Å². The fourth-order valence-corrected chi connectivity index (χ4v) is 2.04. The molecule has 0 spiro atoms. The van der Waals surface area contributed by atoms with Crippen molar-refractivity contribution in [1.29, 1.82) is 0 Å². The SMILES string of the molecule is CCOc1cc(C[NH2+]C(CC)CC)ccc1OC. The lowest BCUT2D eigenvalue weighted by Crippen LogP contribution is -2.88. The Morgan fingerprint density at radius 3 is 2.39 bits per heavy atom. The van der Waals surface area contributed by atoms with Crippen LogP contribution in [0.15, 0.2) is 18.2 Å². The second-order valence-corrected chi connectivity index (χ2v) is 4.43. The summed E-state index contributed by atoms with van der Waals surface area (Å²) in [5, 5.41) is 2.40. The van der Waals surface area contributed by atoms with Gasteiger partial charge in [0.1, 0.15) is 6.54 Å². The summed E-state index contributed by atoms with van der Waals surface area (Å²) in [6, 6.07) is 6.89. The summed E-state index contributed by atoms with van der Waals surface area (Å²) in [4.78, 5) is 0. The summed E-state index contributed by atoms with van der Waals surface area (Å²) < 4.78 is 10.9. The highest BCUT2D eigenvalue weighted by atomic mass is 16.5. The van der Waals surface area contributed by atoms with Crippen molar-refractivity contribution in [2.45, 2.75) is 46.2 Å². The molecule has 2 N–H and O–H groups in total. The van der Waals surface area contributed by atoms with E-state index in [-0.39, 0.29) is 0 Å². The minimum Gasteiger partial charge on any atom is -0.493 e. The highest BCUT2D eigenvalue weighted by Gasteiger charge is 2.09. The zero-order valence-electron chi connectivity index (χ0n) is 12.0. The molecule has 1 aromatic carbocycles. The van der Waals surface area contributed by atoms with Gasteiger partial charge in [-0.2, -0.15) is 0 Å². The van der Waals surface area contributed by atoms with E-state index in [4.69, 9.17) is 9.47 Å². The Bertz CT molecular complexity index is 348. The van der Waals surface area contributed by atoms with Crippen molar-refractivity contribution in [2.24, 2.45) is 0 Å². The van der Waals surface area contributed by atoms with Crippen molar-refractivity contribution in [3.8, 4) is 11.5 Å². The molecule has 3 nitrogen and oxygen atoms in total. The number of hydrogen-bond acceptors (Lipinski definition) is 2. The van der Waals surface area contributed by atoms with Gasteiger partial charge in [0, 0.05) is 5.56 Å². The van der Waals surface area contributed by atoms with Gasteiger partial charge in [-0.1, -0.05) is 13.8 Å². The molecule has 0 aliphatic carbocycles. The van der Waals surface area contributed by atoms with Crippen LogP contribution in [0, 0.1) is 0 Å². The molecule has 0 bridgehead atoms. The molecular weight excluding hydrogens is 226 g/mol. The fraction of sp³-hybridized carbons (Fsp3) is 0.600. The first-order valence-electron chi connectivity index (χ1n) is 6.88. The summed E-state index contributed by atoms with van der Waals surface area (Å²) in [5.41, 5.74) is 1.28. The maximum atomic E-state index is 5.59. The molecule has 0 radical (unpaired) electrons. The van der Waals surface area contributed by atoms with Crippen molar-refractivity contribution in [1.82, 2.24) is 0 Å². The fourth-order valence-electron chi connectivity index (χ4n) is 2.04. The molecule has 0 fully saturated rings. The van der Waals surface area contributed by atoms with E-state index in [0.717, 1.165) is 18.0 Å². The van der Waals surface area contributed by atoms with Crippen molar-refractivity contribution in [3.63, 3.8) is 0 Å². The van der Waals surface area contributed by atoms with Crippen LogP contribution in [0.5, 0.6) is 11.5 Å². The number of nitrogens with two attached hydrogens (primary N) is 1. The van der Waals surface area contributed by atoms with Gasteiger partial charge in [-0.15, -0.1) is 0 Å². The first kappa shape index (κ1) is 14.8. The zero-order chi connectivity index (χ0) is 13.4. The van der Waals surface area contributed by atoms with E-state index in [9.17, 15) is 0 Å². The van der Waals surface area contributed by atoms with Crippen LogP contribution in [0.2, 0.25) is 0 Å². The Morgan fingerprint density at radius 2 is 1.83 bits per heavy atom. The molecule has 18 heavy (non-hydrogen) atoms. The predicted molar refractivity (Wildman–Crippen MR) is 74.2 cm³/mol. The van der Waals surface area contributed by atoms with Crippen LogP contribution < -0.4 is 14.8 Å². The van der Waals surface area contributed by atoms with Crippen molar-refractivity contribution < 1.29 is 14.8 Å². The molecule has 0 aliphatic heterocycles. The van der Waals surface area contributed by atoms with Crippen LogP contribution in [0.25, 0.3) is 0 Å². The molecule has 3 heteroatoms. The zero-order valence-corrected chi connectivity index (χ0v) is 12.0. The molecule has 1 aromatic rings. The smallest absolute Gasteiger partial charge is 0.161 e. The van der Waals surface area contributed by atoms with E-state index in [1.807, 2.05) is 13.0 Å². The van der Waals surface area contributed by atoms with E-state index >= 15 is 0 Å². The van der Waals surface area contributed by atoms with Gasteiger partial charge in [0.25, 0.3) is 0 Å². The summed E-state index contributed by atoms with van der Waals surface area (Å²) in [7, 11) is 1.67. The van der Waals surface area contributed by atoms with Crippen molar-refractivity contribution in [2.75, 3.05) is 13.7 Å². The number of ether oxygens (including phenoxy) is 2. The van der Waals surface area contributed by atoms with Gasteiger partial charge < -0.3 is 14.8 Å². The molecule has 0 atom stereocenters. The Hall–Kier alpha value is -1.22. The average Bonchev–Trinajstić information content (AvgIpc) is 2.40. The molecular formula is C15H26NO2+. The second kappa shape index (κ2) is 7.98. The quantitative estimate of drug-likeness (QED) is 0.771. The third kappa shape index (κ3) is 4.22. The summed E-state index contributed by atoms with van der Waals surface area (Å²) in [6.07, 6.45) is 2.43. The molecule has 0 saturated heterocycles. The maximum absolute atomic E-state index is 5.59. The van der Waals surface area contributed by atoms with Gasteiger partial charge in [-0.05, 0) is 38.0 Å². The van der Waals surface area contributed by atoms with E-state index in [1.54, 1.807) is 7.11 Å². The van der Waals surface area contributed by atoms with Gasteiger partial charge in [0.05, 0.1) is 19.8 Å². The molecule has 0 unspecified atom stereocenters. The number of methoxy groups -OCH3 is 1. The molecule has 0 aliphatic rings. The third-order valence-corrected chi connectivity index (χ3v) is 3.26. The lowest BCUT2D eigenvalue weighted by molar-refractivity contribution is -0.704. The first-order valence-corrected chi connectivity index (χ1v) is 6.88. The molecule has 0 amide bonds. The molecule has 1 rings (SSSR count). The summed E-state index contributed by atoms with van der Waals surface area (Å²) in [5.74, 6) is 1.65. The Morgan fingerprint density at radius 1 is 1.11 bits per heavy atom. The normalized spacial score (nSPS) is 10.7. The van der Waals surface area contributed by atoms with Gasteiger partial charge in [-0.25, -0.2) is 0 Å². The van der Waals surface area contributed by atoms with Gasteiger partial charge in [0.15, 0.2) is 11.5 Å². The number of benzene rings is 1. The predicted octanol–water partition coefficient (Wildman–Crippen LogP) is 2.35. The summed E-state index contributed by atoms with van der Waals surface area (Å²) in [6.45, 7) is 8.13. The maximum Gasteiger partial charge on any atom is 0.161 e. The highest BCUT2D eigenvalue weighted by molar-refractivity contribution is 5.42. The van der Waals surface area contributed by atoms with E-state index < -0.39 is 0 Å². The highest BCUT2D eigenvalue weighted by Crippen LogP contribution is 2.27. The van der Waals surface area contributed by atoms with Crippen LogP contribution in [0.3, 0.4) is 0 Å². The van der Waals surface area contributed by atoms with Gasteiger partial charge in [0.2, 0.25) is 0 Å². The Balaban J connectivity index is 2.69. The lowest BCUT2D eigenvalue weighted by atomic mass is 10.1. The van der Waals surface area contributed by atoms with Crippen LogP contribution in [-0.2, 0) is 6.54 Å². The largest absolute Gasteiger partial charge is 0.493 e. The van der Waals surface area contributed by atoms with E-state index in [1.165, 1.54) is 18.4 Å². The summed E-state index contributed by atoms with van der Waals surface area (Å²) >= 11 is 0.